The van der Waals surface area contributed by atoms with Gasteiger partial charge < -0.3 is 4.90 Å². The molecule has 2 aliphatic heterocycles. The quantitative estimate of drug-likeness (QED) is 0.738. The number of carbonyl (C=O) groups excluding carboxylic acids is 1. The molecule has 1 N–H and O–H groups in total. The normalized spacial score (nSPS) is 25.1. The van der Waals surface area contributed by atoms with Crippen LogP contribution in [0.5, 0.6) is 0 Å². The molecule has 0 spiro atoms. The summed E-state index contributed by atoms with van der Waals surface area (Å²) in [6, 6.07) is -0.361. The van der Waals surface area contributed by atoms with Gasteiger partial charge in [-0.1, -0.05) is 11.6 Å². The molecule has 2 atom stereocenters. The minimum absolute atomic E-state index is 0.0126. The molecule has 144 valence electrons. The summed E-state index contributed by atoms with van der Waals surface area (Å²) in [6.45, 7) is 7.89. The van der Waals surface area contributed by atoms with Crippen molar-refractivity contribution in [1.29, 1.82) is 0 Å². The Morgan fingerprint density at radius 3 is 2.65 bits per heavy atom. The van der Waals surface area contributed by atoms with E-state index in [-0.39, 0.29) is 29.5 Å². The topological polar surface area (TPSA) is 99.3 Å². The number of hydrogen-bond donors (Lipinski definition) is 1. The van der Waals surface area contributed by atoms with Crippen molar-refractivity contribution in [2.45, 2.75) is 45.7 Å². The smallest absolute Gasteiger partial charge is 0.223 e. The van der Waals surface area contributed by atoms with Crippen LogP contribution in [0.3, 0.4) is 0 Å². The monoisotopic (exact) mass is 381 g/mol. The summed E-state index contributed by atoms with van der Waals surface area (Å²) in [5, 5.41) is 6.83. The van der Waals surface area contributed by atoms with Crippen molar-refractivity contribution < 1.29 is 13.2 Å². The molecular weight excluding hydrogens is 354 g/mol. The summed E-state index contributed by atoms with van der Waals surface area (Å²) in [4.78, 5) is 20.9. The number of allylic oxidation sites excluding steroid dienone is 1. The lowest BCUT2D eigenvalue weighted by atomic mass is 10.0. The van der Waals surface area contributed by atoms with Crippen LogP contribution in [0.2, 0.25) is 0 Å². The molecule has 1 amide bonds. The number of aromatic amines is 1. The Kier molecular flexibility index (Phi) is 5.47. The van der Waals surface area contributed by atoms with E-state index in [0.717, 1.165) is 12.4 Å². The Labute approximate surface area is 154 Å². The fourth-order valence-corrected chi connectivity index (χ4v) is 5.74. The molecule has 0 bridgehead atoms. The predicted molar refractivity (Wildman–Crippen MR) is 98.4 cm³/mol. The molecule has 1 aromatic rings. The number of fused-ring (bicyclic) bond motifs is 1. The van der Waals surface area contributed by atoms with E-state index in [9.17, 15) is 13.2 Å². The van der Waals surface area contributed by atoms with Crippen LogP contribution in [-0.4, -0.2) is 82.5 Å². The Morgan fingerprint density at radius 2 is 2.00 bits per heavy atom. The predicted octanol–water partition coefficient (Wildman–Crippen LogP) is 0.322. The summed E-state index contributed by atoms with van der Waals surface area (Å²) < 4.78 is 24.5. The summed E-state index contributed by atoms with van der Waals surface area (Å²) in [5.74, 6) is 1.53. The third kappa shape index (κ3) is 4.32. The lowest BCUT2D eigenvalue weighted by molar-refractivity contribution is -0.136. The number of nitrogens with one attached hydrogen (secondary N) is 1. The highest BCUT2D eigenvalue weighted by atomic mass is 32.2. The average Bonchev–Trinajstić information content (AvgIpc) is 3.11. The molecule has 9 heteroatoms. The fraction of sp³-hybridized carbons (Fsp3) is 0.706. The maximum absolute atomic E-state index is 12.7. The fourth-order valence-electron chi connectivity index (χ4n) is 3.72. The van der Waals surface area contributed by atoms with E-state index in [2.05, 4.69) is 26.2 Å². The molecule has 2 saturated heterocycles. The number of carbonyl (C=O) groups is 1. The Hall–Kier alpha value is -1.74. The molecule has 2 fully saturated rings. The van der Waals surface area contributed by atoms with Crippen molar-refractivity contribution >= 4 is 15.7 Å². The molecule has 0 unspecified atom stereocenters. The number of amides is 1. The zero-order valence-corrected chi connectivity index (χ0v) is 16.4. The second-order valence-corrected chi connectivity index (χ2v) is 9.57. The van der Waals surface area contributed by atoms with Crippen LogP contribution in [-0.2, 0) is 21.1 Å². The highest BCUT2D eigenvalue weighted by Gasteiger charge is 2.47. The van der Waals surface area contributed by atoms with Gasteiger partial charge in [0, 0.05) is 38.5 Å². The number of aromatic nitrogens is 3. The van der Waals surface area contributed by atoms with Crippen molar-refractivity contribution in [3.8, 4) is 0 Å². The molecule has 0 aliphatic carbocycles. The minimum atomic E-state index is -3.12. The number of sulfone groups is 1. The van der Waals surface area contributed by atoms with E-state index in [1.807, 2.05) is 20.8 Å². The summed E-state index contributed by atoms with van der Waals surface area (Å²) in [5.41, 5.74) is 1.21. The van der Waals surface area contributed by atoms with Gasteiger partial charge in [-0.15, -0.1) is 0 Å². The molecule has 3 heterocycles. The first-order chi connectivity index (χ1) is 12.2. The highest BCUT2D eigenvalue weighted by Crippen LogP contribution is 2.27. The molecule has 1 aromatic heterocycles. The first kappa shape index (κ1) is 19.0. The molecule has 0 saturated carbocycles. The van der Waals surface area contributed by atoms with E-state index in [1.54, 1.807) is 4.90 Å². The van der Waals surface area contributed by atoms with Crippen LogP contribution in [0.15, 0.2) is 11.6 Å². The molecule has 0 radical (unpaired) electrons. The number of hydrogen-bond acceptors (Lipinski definition) is 6. The van der Waals surface area contributed by atoms with Crippen LogP contribution in [0, 0.1) is 6.92 Å². The maximum Gasteiger partial charge on any atom is 0.223 e. The van der Waals surface area contributed by atoms with Crippen LogP contribution in [0.4, 0.5) is 0 Å². The summed E-state index contributed by atoms with van der Waals surface area (Å²) in [7, 11) is -3.12. The van der Waals surface area contributed by atoms with Crippen molar-refractivity contribution in [2.75, 3.05) is 31.1 Å². The second kappa shape index (κ2) is 7.48. The van der Waals surface area contributed by atoms with Crippen molar-refractivity contribution in [1.82, 2.24) is 25.0 Å². The number of aryl methyl sites for hydroxylation is 2. The van der Waals surface area contributed by atoms with Gasteiger partial charge >= 0.3 is 0 Å². The Morgan fingerprint density at radius 1 is 1.27 bits per heavy atom. The molecule has 8 nitrogen and oxygen atoms in total. The van der Waals surface area contributed by atoms with Crippen LogP contribution in [0.1, 0.15) is 31.9 Å². The standard InChI is InChI=1S/C17H27N5O3S/c1-12(2)6-7-21-8-9-22(15-11-26(24,25)10-14(15)21)17(23)5-4-16-18-13(3)19-20-16/h6,14-15H,4-5,7-11H2,1-3H3,(H,18,19,20)/t14-,15+/m0/s1. The maximum atomic E-state index is 12.7. The van der Waals surface area contributed by atoms with Crippen molar-refractivity contribution in [3.63, 3.8) is 0 Å². The van der Waals surface area contributed by atoms with Crippen LogP contribution < -0.4 is 0 Å². The molecule has 0 aromatic carbocycles. The zero-order chi connectivity index (χ0) is 18.9. The van der Waals surface area contributed by atoms with Gasteiger partial charge in [-0.2, -0.15) is 5.10 Å². The summed E-state index contributed by atoms with van der Waals surface area (Å²) >= 11 is 0. The third-order valence-corrected chi connectivity index (χ3v) is 6.75. The van der Waals surface area contributed by atoms with Gasteiger partial charge in [-0.05, 0) is 20.8 Å². The number of rotatable bonds is 5. The number of H-pyrrole nitrogens is 1. The largest absolute Gasteiger partial charge is 0.336 e. The van der Waals surface area contributed by atoms with E-state index in [1.165, 1.54) is 5.57 Å². The van der Waals surface area contributed by atoms with E-state index < -0.39 is 9.84 Å². The van der Waals surface area contributed by atoms with Crippen LogP contribution >= 0.6 is 0 Å². The molecule has 2 aliphatic rings. The third-order valence-electron chi connectivity index (χ3n) is 5.05. The van der Waals surface area contributed by atoms with Gasteiger partial charge in [0.15, 0.2) is 15.7 Å². The SMILES string of the molecule is CC(C)=CCN1CCN(C(=O)CCc2n[nH]c(C)n2)[C@@H]2CS(=O)(=O)C[C@@H]21. The van der Waals surface area contributed by atoms with Gasteiger partial charge in [0.25, 0.3) is 0 Å². The highest BCUT2D eigenvalue weighted by molar-refractivity contribution is 7.91. The van der Waals surface area contributed by atoms with Crippen molar-refractivity contribution in [3.05, 3.63) is 23.3 Å². The lowest BCUT2D eigenvalue weighted by Gasteiger charge is -2.43. The van der Waals surface area contributed by atoms with Gasteiger partial charge in [0.2, 0.25) is 5.91 Å². The average molecular weight is 382 g/mol. The molecule has 26 heavy (non-hydrogen) atoms. The Bertz CT molecular complexity index is 797. The van der Waals surface area contributed by atoms with Gasteiger partial charge in [-0.3, -0.25) is 14.8 Å². The van der Waals surface area contributed by atoms with E-state index in [4.69, 9.17) is 0 Å². The zero-order valence-electron chi connectivity index (χ0n) is 15.6. The summed E-state index contributed by atoms with van der Waals surface area (Å²) in [6.07, 6.45) is 2.88. The van der Waals surface area contributed by atoms with Crippen LogP contribution in [0.25, 0.3) is 0 Å². The first-order valence-electron chi connectivity index (χ1n) is 9.00. The second-order valence-electron chi connectivity index (χ2n) is 7.41. The van der Waals surface area contributed by atoms with E-state index in [0.29, 0.717) is 31.8 Å². The Balaban J connectivity index is 1.68. The van der Waals surface area contributed by atoms with Gasteiger partial charge in [-0.25, -0.2) is 13.4 Å². The first-order valence-corrected chi connectivity index (χ1v) is 10.8. The van der Waals surface area contributed by atoms with Gasteiger partial charge in [0.1, 0.15) is 5.82 Å². The molecule has 3 rings (SSSR count). The number of piperazine rings is 1. The van der Waals surface area contributed by atoms with E-state index >= 15 is 0 Å². The molecular formula is C17H27N5O3S. The minimum Gasteiger partial charge on any atom is -0.336 e. The lowest BCUT2D eigenvalue weighted by Crippen LogP contribution is -2.60. The van der Waals surface area contributed by atoms with Gasteiger partial charge in [0.05, 0.1) is 17.5 Å². The number of nitrogens with zero attached hydrogens (tertiary/aromatic N) is 4. The van der Waals surface area contributed by atoms with Crippen molar-refractivity contribution in [2.24, 2.45) is 0 Å².